The number of carbonyl (C=O) groups is 2. The minimum atomic E-state index is -4.80. The number of para-hydroxylation sites is 1. The van der Waals surface area contributed by atoms with Crippen molar-refractivity contribution in [3.63, 3.8) is 0 Å². The molecule has 0 aliphatic carbocycles. The largest absolute Gasteiger partial charge is 0.573 e. The zero-order chi connectivity index (χ0) is 19.2. The van der Waals surface area contributed by atoms with E-state index in [1.807, 2.05) is 0 Å². The number of amides is 2. The smallest absolute Gasteiger partial charge is 0.405 e. The second kappa shape index (κ2) is 8.70. The van der Waals surface area contributed by atoms with Crippen LogP contribution in [0, 0.1) is 0 Å². The van der Waals surface area contributed by atoms with E-state index in [4.69, 9.17) is 0 Å². The molecule has 2 aromatic rings. The highest BCUT2D eigenvalue weighted by atomic mass is 32.1. The molecule has 0 aliphatic heterocycles. The first-order valence-electron chi connectivity index (χ1n) is 7.65. The highest BCUT2D eigenvalue weighted by Crippen LogP contribution is 2.27. The predicted molar refractivity (Wildman–Crippen MR) is 90.9 cm³/mol. The van der Waals surface area contributed by atoms with Crippen molar-refractivity contribution >= 4 is 23.2 Å². The van der Waals surface area contributed by atoms with Crippen molar-refractivity contribution in [2.45, 2.75) is 19.3 Å². The fourth-order valence-corrected chi connectivity index (χ4v) is 2.81. The van der Waals surface area contributed by atoms with Gasteiger partial charge >= 0.3 is 6.36 Å². The van der Waals surface area contributed by atoms with E-state index in [2.05, 4.69) is 10.1 Å². The summed E-state index contributed by atoms with van der Waals surface area (Å²) in [5.74, 6) is -0.914. The third kappa shape index (κ3) is 6.07. The van der Waals surface area contributed by atoms with Gasteiger partial charge in [0, 0.05) is 32.1 Å². The van der Waals surface area contributed by atoms with Crippen LogP contribution in [0.1, 0.15) is 21.7 Å². The number of hydrogen-bond donors (Lipinski definition) is 1. The van der Waals surface area contributed by atoms with Gasteiger partial charge in [0.15, 0.2) is 0 Å². The van der Waals surface area contributed by atoms with E-state index in [-0.39, 0.29) is 42.6 Å². The number of alkyl halides is 3. The Balaban J connectivity index is 1.86. The van der Waals surface area contributed by atoms with Gasteiger partial charge in [0.2, 0.25) is 5.91 Å². The van der Waals surface area contributed by atoms with Crippen LogP contribution < -0.4 is 10.1 Å². The summed E-state index contributed by atoms with van der Waals surface area (Å²) in [6, 6.07) is 9.07. The maximum Gasteiger partial charge on any atom is 0.573 e. The van der Waals surface area contributed by atoms with Crippen molar-refractivity contribution in [2.75, 3.05) is 13.6 Å². The summed E-state index contributed by atoms with van der Waals surface area (Å²) >= 11 is 1.29. The molecule has 0 saturated carbocycles. The molecule has 9 heteroatoms. The summed E-state index contributed by atoms with van der Waals surface area (Å²) in [6.07, 6.45) is -4.76. The molecule has 1 heterocycles. The molecular weight excluding hydrogens is 369 g/mol. The molecule has 0 spiro atoms. The molecule has 26 heavy (non-hydrogen) atoms. The lowest BCUT2D eigenvalue weighted by atomic mass is 10.2. The van der Waals surface area contributed by atoms with E-state index in [1.165, 1.54) is 41.5 Å². The number of carbonyl (C=O) groups excluding carboxylic acids is 2. The maximum atomic E-state index is 12.4. The van der Waals surface area contributed by atoms with Gasteiger partial charge in [0.05, 0.1) is 4.88 Å². The third-order valence-electron chi connectivity index (χ3n) is 3.40. The van der Waals surface area contributed by atoms with Crippen LogP contribution in [0.25, 0.3) is 0 Å². The van der Waals surface area contributed by atoms with Gasteiger partial charge in [-0.2, -0.15) is 0 Å². The van der Waals surface area contributed by atoms with Crippen LogP contribution in [-0.4, -0.2) is 36.7 Å². The normalized spacial score (nSPS) is 11.1. The monoisotopic (exact) mass is 386 g/mol. The molecule has 1 aromatic heterocycles. The molecule has 1 N–H and O–H groups in total. The van der Waals surface area contributed by atoms with Crippen LogP contribution in [0.15, 0.2) is 41.8 Å². The topological polar surface area (TPSA) is 58.6 Å². The molecule has 0 radical (unpaired) electrons. The fourth-order valence-electron chi connectivity index (χ4n) is 2.17. The zero-order valence-corrected chi connectivity index (χ0v) is 14.7. The van der Waals surface area contributed by atoms with Crippen LogP contribution >= 0.6 is 11.3 Å². The van der Waals surface area contributed by atoms with Gasteiger partial charge in [0.1, 0.15) is 5.75 Å². The quantitative estimate of drug-likeness (QED) is 0.793. The van der Waals surface area contributed by atoms with Crippen LogP contribution in [0.3, 0.4) is 0 Å². The number of nitrogens with one attached hydrogen (secondary N) is 1. The average Bonchev–Trinajstić information content (AvgIpc) is 3.09. The molecule has 0 bridgehead atoms. The van der Waals surface area contributed by atoms with Crippen molar-refractivity contribution in [3.8, 4) is 5.75 Å². The first-order chi connectivity index (χ1) is 12.3. The summed E-state index contributed by atoms with van der Waals surface area (Å²) < 4.78 is 41.3. The molecular formula is C17H17F3N2O3S. The van der Waals surface area contributed by atoms with Gasteiger partial charge in [0.25, 0.3) is 5.91 Å². The fraction of sp³-hybridized carbons (Fsp3) is 0.294. The first-order valence-corrected chi connectivity index (χ1v) is 8.53. The third-order valence-corrected chi connectivity index (χ3v) is 4.27. The zero-order valence-electron chi connectivity index (χ0n) is 13.9. The molecule has 2 rings (SSSR count). The van der Waals surface area contributed by atoms with E-state index < -0.39 is 6.36 Å². The van der Waals surface area contributed by atoms with Crippen molar-refractivity contribution in [1.29, 1.82) is 0 Å². The van der Waals surface area contributed by atoms with Gasteiger partial charge in [-0.1, -0.05) is 24.3 Å². The van der Waals surface area contributed by atoms with Gasteiger partial charge in [-0.15, -0.1) is 24.5 Å². The Morgan fingerprint density at radius 3 is 2.58 bits per heavy atom. The first kappa shape index (κ1) is 19.8. The molecule has 0 unspecified atom stereocenters. The van der Waals surface area contributed by atoms with Crippen molar-refractivity contribution in [1.82, 2.24) is 10.2 Å². The van der Waals surface area contributed by atoms with Gasteiger partial charge in [-0.3, -0.25) is 9.59 Å². The number of halogens is 3. The van der Waals surface area contributed by atoms with Crippen LogP contribution in [0.4, 0.5) is 13.2 Å². The summed E-state index contributed by atoms with van der Waals surface area (Å²) in [6.45, 7) is 0.102. The van der Waals surface area contributed by atoms with E-state index >= 15 is 0 Å². The van der Waals surface area contributed by atoms with Crippen molar-refractivity contribution in [2.24, 2.45) is 0 Å². The second-order valence-corrected chi connectivity index (χ2v) is 6.34. The summed E-state index contributed by atoms with van der Waals surface area (Å²) in [5.41, 5.74) is 0.239. The molecule has 0 fully saturated rings. The number of ether oxygens (including phenoxy) is 1. The average molecular weight is 386 g/mol. The number of benzene rings is 1. The number of nitrogens with zero attached hydrogens (tertiary/aromatic N) is 1. The molecule has 0 atom stereocenters. The Labute approximate surface area is 152 Å². The molecule has 1 aromatic carbocycles. The van der Waals surface area contributed by atoms with Crippen molar-refractivity contribution in [3.05, 3.63) is 52.2 Å². The molecule has 140 valence electrons. The lowest BCUT2D eigenvalue weighted by Gasteiger charge is -2.20. The molecule has 2 amide bonds. The summed E-state index contributed by atoms with van der Waals surface area (Å²) in [5, 5.41) is 4.40. The van der Waals surface area contributed by atoms with E-state index in [0.29, 0.717) is 4.88 Å². The Morgan fingerprint density at radius 1 is 1.19 bits per heavy atom. The minimum Gasteiger partial charge on any atom is -0.405 e. The van der Waals surface area contributed by atoms with Crippen LogP contribution in [0.5, 0.6) is 5.75 Å². The maximum absolute atomic E-state index is 12.4. The predicted octanol–water partition coefficient (Wildman–Crippen LogP) is 3.43. The Bertz CT molecular complexity index is 748. The van der Waals surface area contributed by atoms with E-state index in [9.17, 15) is 22.8 Å². The standard InChI is InChI=1S/C17H17F3N2O3S/c1-22(11-12-5-2-3-6-13(12)25-17(18,19)20)15(23)8-9-21-16(24)14-7-4-10-26-14/h2-7,10H,8-9,11H2,1H3,(H,21,24). The molecule has 0 saturated heterocycles. The number of hydrogen-bond acceptors (Lipinski definition) is 4. The van der Waals surface area contributed by atoms with Gasteiger partial charge < -0.3 is 15.0 Å². The Morgan fingerprint density at radius 2 is 1.92 bits per heavy atom. The lowest BCUT2D eigenvalue weighted by Crippen LogP contribution is -2.31. The van der Waals surface area contributed by atoms with Crippen molar-refractivity contribution < 1.29 is 27.5 Å². The lowest BCUT2D eigenvalue weighted by molar-refractivity contribution is -0.275. The summed E-state index contributed by atoms with van der Waals surface area (Å²) in [7, 11) is 1.48. The van der Waals surface area contributed by atoms with Gasteiger partial charge in [-0.25, -0.2) is 0 Å². The Kier molecular flexibility index (Phi) is 6.62. The van der Waals surface area contributed by atoms with E-state index in [0.717, 1.165) is 0 Å². The summed E-state index contributed by atoms with van der Waals surface area (Å²) in [4.78, 5) is 25.7. The molecule has 5 nitrogen and oxygen atoms in total. The SMILES string of the molecule is CN(Cc1ccccc1OC(F)(F)F)C(=O)CCNC(=O)c1cccs1. The van der Waals surface area contributed by atoms with Crippen LogP contribution in [0.2, 0.25) is 0 Å². The second-order valence-electron chi connectivity index (χ2n) is 5.39. The molecule has 0 aliphatic rings. The highest BCUT2D eigenvalue weighted by molar-refractivity contribution is 7.12. The van der Waals surface area contributed by atoms with Crippen LogP contribution in [-0.2, 0) is 11.3 Å². The van der Waals surface area contributed by atoms with Gasteiger partial charge in [-0.05, 0) is 17.5 Å². The minimum absolute atomic E-state index is 0.0376. The number of thiophene rings is 1. The van der Waals surface area contributed by atoms with E-state index in [1.54, 1.807) is 23.6 Å². The Hall–Kier alpha value is -2.55. The highest BCUT2D eigenvalue weighted by Gasteiger charge is 2.32. The number of rotatable bonds is 7.